The van der Waals surface area contributed by atoms with Crippen LogP contribution in [0.4, 0.5) is 4.79 Å². The standard InChI is InChI=1S/C38H41N9O6/c1-51-38(50)44-32(26-13-7-4-8-14-26)37(49)46-17-9-15-29(46)34-40-22-27(42-34)19-24-20-28-33(39-21-24)45-35(43-28)30-16-10-18-47(30)36(48)31(41-23-53-52-2)25-11-5-3-6-12-25/h3-8,11-14,20-23,29-32H,9-10,15-19H2,1-2H3,(H,40,42)(H,44,50)(H,39,43,45)/b41-23+/t29-,30-,31+,32+/m0/s1. The van der Waals surface area contributed by atoms with Gasteiger partial charge < -0.3 is 34.7 Å². The number of pyridine rings is 1. The van der Waals surface area contributed by atoms with Crippen LogP contribution in [0.5, 0.6) is 0 Å². The lowest BCUT2D eigenvalue weighted by atomic mass is 10.1. The number of carbonyl (C=O) groups excluding carboxylic acids is 3. The topological polar surface area (TPSA) is 180 Å². The Bertz CT molecular complexity index is 2070. The number of aromatic amines is 2. The van der Waals surface area contributed by atoms with Crippen molar-refractivity contribution in [3.63, 3.8) is 0 Å². The summed E-state index contributed by atoms with van der Waals surface area (Å²) in [5, 5.41) is 2.70. The van der Waals surface area contributed by atoms with E-state index in [1.807, 2.05) is 77.8 Å². The van der Waals surface area contributed by atoms with Gasteiger partial charge in [-0.1, -0.05) is 60.7 Å². The second kappa shape index (κ2) is 16.1. The summed E-state index contributed by atoms with van der Waals surface area (Å²) in [4.78, 5) is 78.5. The van der Waals surface area contributed by atoms with E-state index in [4.69, 9.17) is 19.6 Å². The Balaban J connectivity index is 1.05. The molecule has 5 heterocycles. The largest absolute Gasteiger partial charge is 0.453 e. The van der Waals surface area contributed by atoms with Gasteiger partial charge in [-0.25, -0.2) is 24.7 Å². The number of alkyl carbamates (subject to hydrolysis) is 1. The van der Waals surface area contributed by atoms with Crippen LogP contribution < -0.4 is 5.32 Å². The molecular formula is C38H41N9O6. The number of ether oxygens (including phenoxy) is 1. The number of aliphatic imine (C=N–C) groups is 1. The average molecular weight is 720 g/mol. The second-order valence-corrected chi connectivity index (χ2v) is 13.0. The van der Waals surface area contributed by atoms with Crippen LogP contribution in [0.1, 0.15) is 83.9 Å². The van der Waals surface area contributed by atoms with Gasteiger partial charge in [0.1, 0.15) is 23.2 Å². The van der Waals surface area contributed by atoms with E-state index in [1.165, 1.54) is 14.2 Å². The van der Waals surface area contributed by atoms with Gasteiger partial charge in [0, 0.05) is 31.9 Å². The molecule has 0 saturated carbocycles. The van der Waals surface area contributed by atoms with Crippen molar-refractivity contribution in [1.82, 2.24) is 40.0 Å². The summed E-state index contributed by atoms with van der Waals surface area (Å²) in [5.41, 5.74) is 4.44. The Morgan fingerprint density at radius 3 is 2.30 bits per heavy atom. The van der Waals surface area contributed by atoms with Gasteiger partial charge in [0.25, 0.3) is 11.8 Å². The molecule has 0 radical (unpaired) electrons. The zero-order valence-corrected chi connectivity index (χ0v) is 29.5. The van der Waals surface area contributed by atoms with Crippen molar-refractivity contribution in [1.29, 1.82) is 0 Å². The van der Waals surface area contributed by atoms with Crippen LogP contribution in [-0.4, -0.2) is 86.3 Å². The molecule has 2 fully saturated rings. The van der Waals surface area contributed by atoms with Crippen molar-refractivity contribution in [2.24, 2.45) is 4.99 Å². The molecular weight excluding hydrogens is 678 g/mol. The molecule has 3 amide bonds. The summed E-state index contributed by atoms with van der Waals surface area (Å²) in [6.45, 7) is 1.11. The molecule has 3 N–H and O–H groups in total. The number of fused-ring (bicyclic) bond motifs is 1. The van der Waals surface area contributed by atoms with Gasteiger partial charge in [-0.3, -0.25) is 9.59 Å². The molecule has 2 aliphatic heterocycles. The first kappa shape index (κ1) is 35.3. The molecule has 15 nitrogen and oxygen atoms in total. The number of benzene rings is 2. The normalized spacial score (nSPS) is 18.4. The number of aromatic nitrogens is 5. The van der Waals surface area contributed by atoms with Gasteiger partial charge in [-0.15, -0.1) is 0 Å². The minimum absolute atomic E-state index is 0.157. The number of hydrogen-bond donors (Lipinski definition) is 3. The van der Waals surface area contributed by atoms with Gasteiger partial charge in [0.05, 0.1) is 32.0 Å². The molecule has 2 aromatic carbocycles. The van der Waals surface area contributed by atoms with Gasteiger partial charge in [0.2, 0.25) is 6.40 Å². The highest BCUT2D eigenvalue weighted by Crippen LogP contribution is 2.36. The molecule has 4 atom stereocenters. The molecule has 0 spiro atoms. The van der Waals surface area contributed by atoms with Crippen LogP contribution in [0, 0.1) is 0 Å². The number of nitrogens with one attached hydrogen (secondary N) is 3. The number of carbonyl (C=O) groups is 3. The van der Waals surface area contributed by atoms with E-state index in [0.717, 1.165) is 48.9 Å². The summed E-state index contributed by atoms with van der Waals surface area (Å²) in [5.74, 6) is 0.973. The SMILES string of the molecule is COO/C=N/[C@@H](C(=O)N1CCC[C@H]1c1nc2cc(Cc3c[nH]c([C@@H]4CCCN4C(=O)[C@H](NC(=O)OC)c4ccccc4)n3)cnc2[nH]1)c1ccccc1. The molecule has 3 aromatic heterocycles. The average Bonchev–Trinajstić information content (AvgIpc) is 4.02. The third kappa shape index (κ3) is 7.74. The fraction of sp³-hybridized carbons (Fsp3) is 0.342. The highest BCUT2D eigenvalue weighted by Gasteiger charge is 2.38. The van der Waals surface area contributed by atoms with Crippen LogP contribution in [0.2, 0.25) is 0 Å². The second-order valence-electron chi connectivity index (χ2n) is 13.0. The first-order valence-corrected chi connectivity index (χ1v) is 17.6. The lowest BCUT2D eigenvalue weighted by molar-refractivity contribution is -0.188. The molecule has 53 heavy (non-hydrogen) atoms. The zero-order chi connectivity index (χ0) is 36.7. The lowest BCUT2D eigenvalue weighted by Gasteiger charge is -2.28. The smallest absolute Gasteiger partial charge is 0.407 e. The van der Waals surface area contributed by atoms with E-state index in [1.54, 1.807) is 11.1 Å². The van der Waals surface area contributed by atoms with Crippen LogP contribution in [-0.2, 0) is 30.5 Å². The fourth-order valence-corrected chi connectivity index (χ4v) is 7.18. The Hall–Kier alpha value is -6.09. The van der Waals surface area contributed by atoms with Crippen LogP contribution in [0.25, 0.3) is 11.2 Å². The molecule has 5 aromatic rings. The monoisotopic (exact) mass is 719 g/mol. The van der Waals surface area contributed by atoms with E-state index < -0.39 is 18.2 Å². The van der Waals surface area contributed by atoms with E-state index in [0.29, 0.717) is 47.9 Å². The summed E-state index contributed by atoms with van der Waals surface area (Å²) in [6.07, 6.45) is 7.72. The lowest BCUT2D eigenvalue weighted by Crippen LogP contribution is -2.42. The van der Waals surface area contributed by atoms with Crippen molar-refractivity contribution in [2.45, 2.75) is 56.3 Å². The predicted octanol–water partition coefficient (Wildman–Crippen LogP) is 5.04. The highest BCUT2D eigenvalue weighted by molar-refractivity contribution is 5.87. The van der Waals surface area contributed by atoms with Gasteiger partial charge in [-0.05, 0) is 48.4 Å². The van der Waals surface area contributed by atoms with E-state index in [-0.39, 0.29) is 23.9 Å². The summed E-state index contributed by atoms with van der Waals surface area (Å²) in [7, 11) is 2.65. The predicted molar refractivity (Wildman–Crippen MR) is 193 cm³/mol. The quantitative estimate of drug-likeness (QED) is 0.0689. The summed E-state index contributed by atoms with van der Waals surface area (Å²) < 4.78 is 4.81. The van der Waals surface area contributed by atoms with Crippen LogP contribution in [0.15, 0.2) is 84.1 Å². The maximum absolute atomic E-state index is 13.9. The third-order valence-corrected chi connectivity index (χ3v) is 9.68. The van der Waals surface area contributed by atoms with Gasteiger partial charge in [-0.2, -0.15) is 4.89 Å². The van der Waals surface area contributed by atoms with Crippen molar-refractivity contribution in [3.05, 3.63) is 113 Å². The maximum atomic E-state index is 13.9. The van der Waals surface area contributed by atoms with Gasteiger partial charge >= 0.3 is 6.09 Å². The molecule has 0 unspecified atom stereocenters. The van der Waals surface area contributed by atoms with E-state index in [9.17, 15) is 14.4 Å². The fourth-order valence-electron chi connectivity index (χ4n) is 7.18. The Labute approximate surface area is 305 Å². The minimum atomic E-state index is -0.890. The molecule has 2 saturated heterocycles. The molecule has 0 aliphatic carbocycles. The molecule has 15 heteroatoms. The van der Waals surface area contributed by atoms with E-state index >= 15 is 0 Å². The van der Waals surface area contributed by atoms with Crippen molar-refractivity contribution >= 4 is 35.5 Å². The number of methoxy groups -OCH3 is 1. The number of amides is 3. The Morgan fingerprint density at radius 1 is 0.925 bits per heavy atom. The number of nitrogens with zero attached hydrogens (tertiary/aromatic N) is 6. The molecule has 7 rings (SSSR count). The Kier molecular flexibility index (Phi) is 10.7. The number of H-pyrrole nitrogens is 2. The molecule has 2 aliphatic rings. The maximum Gasteiger partial charge on any atom is 0.407 e. The van der Waals surface area contributed by atoms with Crippen molar-refractivity contribution < 1.29 is 28.9 Å². The number of rotatable bonds is 12. The van der Waals surface area contributed by atoms with Crippen molar-refractivity contribution in [2.75, 3.05) is 27.3 Å². The zero-order valence-electron chi connectivity index (χ0n) is 29.5. The summed E-state index contributed by atoms with van der Waals surface area (Å²) >= 11 is 0. The molecule has 274 valence electrons. The number of imidazole rings is 2. The number of likely N-dealkylation sites (tertiary alicyclic amines) is 2. The molecule has 0 bridgehead atoms. The van der Waals surface area contributed by atoms with Crippen molar-refractivity contribution in [3.8, 4) is 0 Å². The van der Waals surface area contributed by atoms with Crippen LogP contribution in [0.3, 0.4) is 0 Å². The third-order valence-electron chi connectivity index (χ3n) is 9.68. The highest BCUT2D eigenvalue weighted by atomic mass is 17.2. The first-order chi connectivity index (χ1) is 25.9. The van der Waals surface area contributed by atoms with Crippen LogP contribution >= 0.6 is 0 Å². The van der Waals surface area contributed by atoms with E-state index in [2.05, 4.69) is 30.1 Å². The minimum Gasteiger partial charge on any atom is -0.453 e. The Morgan fingerprint density at radius 2 is 1.60 bits per heavy atom. The first-order valence-electron chi connectivity index (χ1n) is 17.6. The summed E-state index contributed by atoms with van der Waals surface area (Å²) in [6, 6.07) is 18.2. The number of hydrogen-bond acceptors (Lipinski definition) is 10. The van der Waals surface area contributed by atoms with Gasteiger partial charge in [0.15, 0.2) is 11.7 Å².